The molecule has 146 valence electrons. The van der Waals surface area contributed by atoms with Gasteiger partial charge in [0, 0.05) is 56.0 Å². The summed E-state index contributed by atoms with van der Waals surface area (Å²) in [6.07, 6.45) is 2.91. The van der Waals surface area contributed by atoms with Crippen molar-refractivity contribution in [2.45, 2.75) is 38.6 Å². The molecule has 0 radical (unpaired) electrons. The van der Waals surface area contributed by atoms with E-state index in [1.165, 1.54) is 0 Å². The number of carbonyl (C=O) groups excluding carboxylic acids is 1. The minimum absolute atomic E-state index is 0.0179. The van der Waals surface area contributed by atoms with Crippen LogP contribution in [-0.4, -0.2) is 51.8 Å². The van der Waals surface area contributed by atoms with E-state index in [1.54, 1.807) is 0 Å². The van der Waals surface area contributed by atoms with Gasteiger partial charge in [-0.05, 0) is 25.8 Å². The maximum Gasteiger partial charge on any atom is 0.289 e. The molecular weight excluding hydrogens is 354 g/mol. The molecule has 0 aliphatic carbocycles. The number of hydrogen-bond donors (Lipinski definition) is 1. The van der Waals surface area contributed by atoms with Gasteiger partial charge in [0.25, 0.3) is 5.91 Å². The molecule has 7 nitrogen and oxygen atoms in total. The van der Waals surface area contributed by atoms with E-state index in [-0.39, 0.29) is 11.8 Å². The van der Waals surface area contributed by atoms with E-state index in [0.29, 0.717) is 12.3 Å². The number of amides is 1. The molecule has 4 heterocycles. The van der Waals surface area contributed by atoms with Crippen molar-refractivity contribution >= 4 is 16.9 Å². The number of piperidine rings is 1. The van der Waals surface area contributed by atoms with Gasteiger partial charge in [-0.15, -0.1) is 10.2 Å². The Morgan fingerprint density at radius 3 is 3.00 bits per heavy atom. The molecule has 0 spiro atoms. The van der Waals surface area contributed by atoms with Crippen LogP contribution in [0, 0.1) is 6.92 Å². The average molecular weight is 379 g/mol. The fourth-order valence-electron chi connectivity index (χ4n) is 4.49. The molecule has 5 rings (SSSR count). The molecule has 0 saturated carbocycles. The highest BCUT2D eigenvalue weighted by Gasteiger charge is 2.31. The van der Waals surface area contributed by atoms with Gasteiger partial charge in [0.2, 0.25) is 0 Å². The lowest BCUT2D eigenvalue weighted by Crippen LogP contribution is -2.40. The normalized spacial score (nSPS) is 20.2. The molecule has 7 heteroatoms. The largest absolute Gasteiger partial charge is 0.451 e. The molecule has 1 aromatic carbocycles. The number of carbonyl (C=O) groups is 1. The molecule has 1 amide bonds. The van der Waals surface area contributed by atoms with Crippen LogP contribution in [0.1, 0.15) is 46.5 Å². The lowest BCUT2D eigenvalue weighted by atomic mass is 9.96. The molecule has 1 N–H and O–H groups in total. The fraction of sp³-hybridized carbons (Fsp3) is 0.476. The second-order valence-corrected chi connectivity index (χ2v) is 7.77. The Bertz CT molecular complexity index is 1020. The zero-order valence-corrected chi connectivity index (χ0v) is 16.1. The van der Waals surface area contributed by atoms with Crippen LogP contribution in [0.4, 0.5) is 0 Å². The maximum absolute atomic E-state index is 13.2. The van der Waals surface area contributed by atoms with Gasteiger partial charge >= 0.3 is 0 Å². The summed E-state index contributed by atoms with van der Waals surface area (Å²) in [5, 5.41) is 13.3. The van der Waals surface area contributed by atoms with Gasteiger partial charge in [-0.25, -0.2) is 0 Å². The fourth-order valence-corrected chi connectivity index (χ4v) is 4.49. The highest BCUT2D eigenvalue weighted by molar-refractivity contribution is 5.99. The molecule has 2 aliphatic heterocycles. The van der Waals surface area contributed by atoms with Gasteiger partial charge in [-0.2, -0.15) is 0 Å². The zero-order valence-electron chi connectivity index (χ0n) is 16.1. The van der Waals surface area contributed by atoms with Crippen LogP contribution in [0.15, 0.2) is 28.7 Å². The Morgan fingerprint density at radius 2 is 2.11 bits per heavy atom. The van der Waals surface area contributed by atoms with Crippen LogP contribution < -0.4 is 5.32 Å². The third-order valence-electron chi connectivity index (χ3n) is 6.01. The molecular formula is C21H25N5O2. The van der Waals surface area contributed by atoms with E-state index in [9.17, 15) is 4.79 Å². The van der Waals surface area contributed by atoms with Gasteiger partial charge in [-0.1, -0.05) is 18.2 Å². The van der Waals surface area contributed by atoms with Crippen LogP contribution in [0.5, 0.6) is 0 Å². The summed E-state index contributed by atoms with van der Waals surface area (Å²) in [6, 6.07) is 7.82. The van der Waals surface area contributed by atoms with E-state index >= 15 is 0 Å². The Labute approximate surface area is 163 Å². The first kappa shape index (κ1) is 17.4. The monoisotopic (exact) mass is 379 g/mol. The van der Waals surface area contributed by atoms with E-state index in [2.05, 4.69) is 20.1 Å². The third kappa shape index (κ3) is 2.90. The number of nitrogens with zero attached hydrogens (tertiary/aromatic N) is 4. The molecule has 2 aromatic heterocycles. The van der Waals surface area contributed by atoms with Crippen molar-refractivity contribution in [3.8, 4) is 0 Å². The number of para-hydroxylation sites is 1. The SMILES string of the molecule is Cc1c(C(=O)N2CCC[C@H](c3nnc4n3CCNCC4)C2)oc2ccccc12. The highest BCUT2D eigenvalue weighted by Crippen LogP contribution is 2.30. The van der Waals surface area contributed by atoms with Crippen LogP contribution in [0.3, 0.4) is 0 Å². The van der Waals surface area contributed by atoms with Crippen molar-refractivity contribution in [1.29, 1.82) is 0 Å². The maximum atomic E-state index is 13.2. The van der Waals surface area contributed by atoms with Crippen LogP contribution >= 0.6 is 0 Å². The second kappa shape index (κ2) is 7.05. The number of benzene rings is 1. The Balaban J connectivity index is 1.40. The van der Waals surface area contributed by atoms with Crippen LogP contribution in [0.2, 0.25) is 0 Å². The van der Waals surface area contributed by atoms with Crippen molar-refractivity contribution in [2.75, 3.05) is 26.2 Å². The predicted molar refractivity (Wildman–Crippen MR) is 105 cm³/mol. The topological polar surface area (TPSA) is 76.2 Å². The third-order valence-corrected chi connectivity index (χ3v) is 6.01. The first-order valence-corrected chi connectivity index (χ1v) is 10.1. The summed E-state index contributed by atoms with van der Waals surface area (Å²) in [4.78, 5) is 15.2. The predicted octanol–water partition coefficient (Wildman–Crippen LogP) is 2.50. The molecule has 28 heavy (non-hydrogen) atoms. The van der Waals surface area contributed by atoms with Gasteiger partial charge in [0.15, 0.2) is 5.76 Å². The molecule has 1 saturated heterocycles. The van der Waals surface area contributed by atoms with Gasteiger partial charge in [-0.3, -0.25) is 4.79 Å². The molecule has 1 fully saturated rings. The number of furan rings is 1. The Hall–Kier alpha value is -2.67. The summed E-state index contributed by atoms with van der Waals surface area (Å²) in [5.41, 5.74) is 1.69. The highest BCUT2D eigenvalue weighted by atomic mass is 16.3. The summed E-state index contributed by atoms with van der Waals surface area (Å²) < 4.78 is 8.17. The van der Waals surface area contributed by atoms with Crippen molar-refractivity contribution in [3.05, 3.63) is 47.2 Å². The Kier molecular flexibility index (Phi) is 4.39. The number of hydrogen-bond acceptors (Lipinski definition) is 5. The molecule has 1 atom stereocenters. The average Bonchev–Trinajstić information content (AvgIpc) is 3.20. The Morgan fingerprint density at radius 1 is 1.21 bits per heavy atom. The van der Waals surface area contributed by atoms with E-state index < -0.39 is 0 Å². The molecule has 0 bridgehead atoms. The van der Waals surface area contributed by atoms with Crippen molar-refractivity contribution in [3.63, 3.8) is 0 Å². The summed E-state index contributed by atoms with van der Waals surface area (Å²) in [6.45, 7) is 6.16. The molecule has 2 aliphatic rings. The van der Waals surface area contributed by atoms with Crippen LogP contribution in [0.25, 0.3) is 11.0 Å². The summed E-state index contributed by atoms with van der Waals surface area (Å²) in [7, 11) is 0. The minimum Gasteiger partial charge on any atom is -0.451 e. The first-order valence-electron chi connectivity index (χ1n) is 10.1. The van der Waals surface area contributed by atoms with Gasteiger partial charge in [0.05, 0.1) is 0 Å². The lowest BCUT2D eigenvalue weighted by Gasteiger charge is -2.32. The van der Waals surface area contributed by atoms with Crippen molar-refractivity contribution < 1.29 is 9.21 Å². The van der Waals surface area contributed by atoms with Crippen molar-refractivity contribution in [2.24, 2.45) is 0 Å². The zero-order chi connectivity index (χ0) is 19.1. The quantitative estimate of drug-likeness (QED) is 0.740. The van der Waals surface area contributed by atoms with E-state index in [4.69, 9.17) is 4.42 Å². The summed E-state index contributed by atoms with van der Waals surface area (Å²) >= 11 is 0. The first-order chi connectivity index (χ1) is 13.7. The van der Waals surface area contributed by atoms with E-state index in [1.807, 2.05) is 36.1 Å². The molecule has 3 aromatic rings. The number of aromatic nitrogens is 3. The number of rotatable bonds is 2. The van der Waals surface area contributed by atoms with Gasteiger partial charge in [0.1, 0.15) is 17.2 Å². The molecule has 0 unspecified atom stereocenters. The number of likely N-dealkylation sites (tertiary alicyclic amines) is 1. The van der Waals surface area contributed by atoms with Gasteiger partial charge < -0.3 is 19.2 Å². The summed E-state index contributed by atoms with van der Waals surface area (Å²) in [5.74, 6) is 2.75. The number of aryl methyl sites for hydroxylation is 1. The van der Waals surface area contributed by atoms with Crippen LogP contribution in [-0.2, 0) is 13.0 Å². The minimum atomic E-state index is -0.0179. The smallest absolute Gasteiger partial charge is 0.289 e. The second-order valence-electron chi connectivity index (χ2n) is 7.77. The number of nitrogens with one attached hydrogen (secondary N) is 1. The number of fused-ring (bicyclic) bond motifs is 2. The standard InChI is InChI=1S/C21H25N5O2/c1-14-16-6-2-3-7-17(16)28-19(14)21(27)25-11-4-5-15(13-25)20-24-23-18-8-9-22-10-12-26(18)20/h2-3,6-7,15,22H,4-5,8-13H2,1H3/t15-/m0/s1. The van der Waals surface area contributed by atoms with E-state index in [0.717, 1.165) is 73.6 Å². The van der Waals surface area contributed by atoms with Crippen molar-refractivity contribution in [1.82, 2.24) is 25.0 Å². The lowest BCUT2D eigenvalue weighted by molar-refractivity contribution is 0.0672.